The molecule has 0 saturated carbocycles. The summed E-state index contributed by atoms with van der Waals surface area (Å²) in [7, 11) is 0. The topological polar surface area (TPSA) is 153 Å². The lowest BCUT2D eigenvalue weighted by Crippen LogP contribution is -2.53. The van der Waals surface area contributed by atoms with Gasteiger partial charge in [0.1, 0.15) is 13.5 Å². The maximum atomic E-state index is 11.8. The molecule has 1 fully saturated rings. The van der Waals surface area contributed by atoms with Crippen LogP contribution in [-0.2, 0) is 35.1 Å². The Morgan fingerprint density at radius 1 is 0.895 bits per heavy atom. The standard InChI is InChI=1S/C24H33N5O8S/c30-18-36-16-26-5-6-27(17-37-19-31)9-10-29(14-24(34)35)22(12-28(8-7-26)13-23(32)33)11-20-1-3-21(4-2-20)25-15-38/h1-4,18-19,22H,5-14,16-17H2,(H,32,33)(H,34,35). The molecule has 13 nitrogen and oxygen atoms in total. The second-order valence-corrected chi connectivity index (χ2v) is 8.92. The first-order valence-corrected chi connectivity index (χ1v) is 12.4. The van der Waals surface area contributed by atoms with Crippen LogP contribution < -0.4 is 0 Å². The van der Waals surface area contributed by atoms with Crippen LogP contribution in [0.4, 0.5) is 5.69 Å². The molecule has 1 aromatic rings. The van der Waals surface area contributed by atoms with Crippen LogP contribution in [0.1, 0.15) is 5.56 Å². The van der Waals surface area contributed by atoms with Gasteiger partial charge in [-0.25, -0.2) is 0 Å². The average molecular weight is 552 g/mol. The van der Waals surface area contributed by atoms with Crippen molar-refractivity contribution in [2.75, 3.05) is 72.4 Å². The lowest BCUT2D eigenvalue weighted by molar-refractivity contribution is -0.141. The molecule has 1 aliphatic rings. The number of nitrogens with zero attached hydrogens (tertiary/aromatic N) is 5. The Kier molecular flexibility index (Phi) is 14.1. The van der Waals surface area contributed by atoms with E-state index in [-0.39, 0.29) is 39.1 Å². The quantitative estimate of drug-likeness (QED) is 0.192. The number of carbonyl (C=O) groups is 4. The molecule has 1 heterocycles. The van der Waals surface area contributed by atoms with Gasteiger partial charge in [0.05, 0.1) is 23.9 Å². The van der Waals surface area contributed by atoms with Crippen molar-refractivity contribution in [2.24, 2.45) is 4.99 Å². The van der Waals surface area contributed by atoms with Gasteiger partial charge in [-0.3, -0.25) is 38.8 Å². The molecule has 1 atom stereocenters. The molecule has 0 aromatic heterocycles. The van der Waals surface area contributed by atoms with Crippen LogP contribution >= 0.6 is 12.2 Å². The third kappa shape index (κ3) is 11.9. The van der Waals surface area contributed by atoms with Crippen LogP contribution in [0, 0.1) is 0 Å². The predicted octanol–water partition coefficient (Wildman–Crippen LogP) is -0.0162. The number of rotatable bonds is 13. The highest BCUT2D eigenvalue weighted by Crippen LogP contribution is 2.17. The smallest absolute Gasteiger partial charge is 0.317 e. The van der Waals surface area contributed by atoms with E-state index in [2.05, 4.69) is 22.4 Å². The Labute approximate surface area is 226 Å². The molecule has 208 valence electrons. The minimum absolute atomic E-state index is 0.0183. The van der Waals surface area contributed by atoms with E-state index < -0.39 is 11.9 Å². The van der Waals surface area contributed by atoms with E-state index in [1.807, 2.05) is 26.8 Å². The molecular weight excluding hydrogens is 518 g/mol. The number of aliphatic imine (C=N–C) groups is 1. The molecule has 1 aromatic carbocycles. The fourth-order valence-electron chi connectivity index (χ4n) is 4.22. The van der Waals surface area contributed by atoms with Crippen molar-refractivity contribution in [2.45, 2.75) is 12.5 Å². The summed E-state index contributed by atoms with van der Waals surface area (Å²) < 4.78 is 9.88. The first-order valence-electron chi connectivity index (χ1n) is 12.0. The van der Waals surface area contributed by atoms with Crippen LogP contribution in [0.2, 0.25) is 0 Å². The Balaban J connectivity index is 2.37. The van der Waals surface area contributed by atoms with Crippen LogP contribution in [0.25, 0.3) is 0 Å². The number of hydrogen-bond donors (Lipinski definition) is 2. The van der Waals surface area contributed by atoms with Gasteiger partial charge in [0.2, 0.25) is 0 Å². The lowest BCUT2D eigenvalue weighted by Gasteiger charge is -2.37. The fraction of sp³-hybridized carbons (Fsp3) is 0.542. The zero-order valence-electron chi connectivity index (χ0n) is 21.0. The molecule has 2 N–H and O–H groups in total. The van der Waals surface area contributed by atoms with Crippen molar-refractivity contribution >= 4 is 47.9 Å². The molecule has 38 heavy (non-hydrogen) atoms. The summed E-state index contributed by atoms with van der Waals surface area (Å²) >= 11 is 4.65. The van der Waals surface area contributed by atoms with E-state index in [1.54, 1.807) is 17.0 Å². The summed E-state index contributed by atoms with van der Waals surface area (Å²) in [5.41, 5.74) is 1.55. The predicted molar refractivity (Wildman–Crippen MR) is 139 cm³/mol. The van der Waals surface area contributed by atoms with Gasteiger partial charge >= 0.3 is 11.9 Å². The summed E-state index contributed by atoms with van der Waals surface area (Å²) in [6, 6.07) is 6.95. The van der Waals surface area contributed by atoms with Crippen LogP contribution in [-0.4, -0.2) is 138 Å². The highest BCUT2D eigenvalue weighted by Gasteiger charge is 2.27. The summed E-state index contributed by atoms with van der Waals surface area (Å²) in [5, 5.41) is 21.5. The van der Waals surface area contributed by atoms with Crippen molar-refractivity contribution in [3.63, 3.8) is 0 Å². The third-order valence-electron chi connectivity index (χ3n) is 6.08. The number of carbonyl (C=O) groups excluding carboxylic acids is 2. The highest BCUT2D eigenvalue weighted by atomic mass is 32.1. The molecule has 0 bridgehead atoms. The summed E-state index contributed by atoms with van der Waals surface area (Å²) in [6.07, 6.45) is 0.452. The normalized spacial score (nSPS) is 18.8. The van der Waals surface area contributed by atoms with Gasteiger partial charge in [0.15, 0.2) is 0 Å². The van der Waals surface area contributed by atoms with Crippen LogP contribution in [0.5, 0.6) is 0 Å². The van der Waals surface area contributed by atoms with Gasteiger partial charge in [-0.2, -0.15) is 4.99 Å². The van der Waals surface area contributed by atoms with E-state index in [0.29, 0.717) is 64.3 Å². The monoisotopic (exact) mass is 551 g/mol. The lowest BCUT2D eigenvalue weighted by atomic mass is 10.0. The van der Waals surface area contributed by atoms with E-state index in [9.17, 15) is 29.4 Å². The third-order valence-corrected chi connectivity index (χ3v) is 6.17. The number of aliphatic carboxylic acids is 2. The van der Waals surface area contributed by atoms with Crippen molar-refractivity contribution in [1.82, 2.24) is 19.6 Å². The van der Waals surface area contributed by atoms with E-state index in [1.165, 1.54) is 0 Å². The van der Waals surface area contributed by atoms with Gasteiger partial charge in [0.25, 0.3) is 12.9 Å². The summed E-state index contributed by atoms with van der Waals surface area (Å²) in [6.45, 7) is 2.91. The maximum absolute atomic E-state index is 11.8. The summed E-state index contributed by atoms with van der Waals surface area (Å²) in [4.78, 5) is 56.3. The maximum Gasteiger partial charge on any atom is 0.317 e. The first kappa shape index (κ1) is 31.0. The van der Waals surface area contributed by atoms with Crippen molar-refractivity contribution in [3.8, 4) is 0 Å². The first-order chi connectivity index (χ1) is 18.3. The molecule has 1 unspecified atom stereocenters. The minimum Gasteiger partial charge on any atom is -0.480 e. The van der Waals surface area contributed by atoms with Crippen LogP contribution in [0.3, 0.4) is 0 Å². The molecule has 1 saturated heterocycles. The minimum atomic E-state index is -1.01. The van der Waals surface area contributed by atoms with Crippen LogP contribution in [0.15, 0.2) is 29.3 Å². The van der Waals surface area contributed by atoms with Gasteiger partial charge in [-0.15, -0.1) is 0 Å². The summed E-state index contributed by atoms with van der Waals surface area (Å²) in [5.74, 6) is -2.01. The van der Waals surface area contributed by atoms with Gasteiger partial charge in [0, 0.05) is 51.9 Å². The molecule has 0 spiro atoms. The molecule has 0 radical (unpaired) electrons. The molecule has 1 aliphatic heterocycles. The molecule has 0 aliphatic carbocycles. The second kappa shape index (κ2) is 17.3. The van der Waals surface area contributed by atoms with Gasteiger partial charge in [-0.05, 0) is 36.3 Å². The van der Waals surface area contributed by atoms with Gasteiger partial charge in [-0.1, -0.05) is 12.1 Å². The van der Waals surface area contributed by atoms with E-state index in [4.69, 9.17) is 9.47 Å². The Morgan fingerprint density at radius 2 is 1.42 bits per heavy atom. The number of hydrogen-bond acceptors (Lipinski definition) is 12. The number of isothiocyanates is 1. The second-order valence-electron chi connectivity index (χ2n) is 8.74. The molecule has 14 heteroatoms. The van der Waals surface area contributed by atoms with E-state index in [0.717, 1.165) is 5.56 Å². The number of ether oxygens (including phenoxy) is 2. The Morgan fingerprint density at radius 3 is 1.92 bits per heavy atom. The van der Waals surface area contributed by atoms with Crippen molar-refractivity contribution in [3.05, 3.63) is 29.8 Å². The fourth-order valence-corrected chi connectivity index (χ4v) is 4.32. The highest BCUT2D eigenvalue weighted by molar-refractivity contribution is 7.78. The Hall–Kier alpha value is -3.26. The van der Waals surface area contributed by atoms with E-state index >= 15 is 0 Å². The SMILES string of the molecule is O=COCN1CCN(COC=O)CCN(CC(=O)O)C(Cc2ccc(N=C=S)cc2)CN(CC(=O)O)CC1. The largest absolute Gasteiger partial charge is 0.480 e. The molecule has 2 rings (SSSR count). The average Bonchev–Trinajstić information content (AvgIpc) is 2.87. The number of benzene rings is 1. The zero-order chi connectivity index (χ0) is 27.8. The van der Waals surface area contributed by atoms with Crippen molar-refractivity contribution < 1.29 is 38.9 Å². The zero-order valence-corrected chi connectivity index (χ0v) is 21.8. The number of carboxylic acids is 2. The molecular formula is C24H33N5O8S. The van der Waals surface area contributed by atoms with Crippen molar-refractivity contribution in [1.29, 1.82) is 0 Å². The van der Waals surface area contributed by atoms with Gasteiger partial charge < -0.3 is 19.7 Å². The Bertz CT molecular complexity index is 960. The number of thiocarbonyl (C=S) groups is 1. The molecule has 0 amide bonds. The number of carboxylic acid groups (broad SMARTS) is 2.